The van der Waals surface area contributed by atoms with E-state index in [1.807, 2.05) is 17.0 Å². The number of hydrogen-bond acceptors (Lipinski definition) is 3. The highest BCUT2D eigenvalue weighted by Gasteiger charge is 2.24. The van der Waals surface area contributed by atoms with Crippen LogP contribution in [0, 0.1) is 5.92 Å². The summed E-state index contributed by atoms with van der Waals surface area (Å²) in [5.74, 6) is 0.943. The van der Waals surface area contributed by atoms with Gasteiger partial charge in [0.25, 0.3) is 5.91 Å². The Morgan fingerprint density at radius 3 is 2.30 bits per heavy atom. The van der Waals surface area contributed by atoms with Crippen LogP contribution in [0.2, 0.25) is 5.02 Å². The van der Waals surface area contributed by atoms with Gasteiger partial charge < -0.3 is 10.2 Å². The van der Waals surface area contributed by atoms with Crippen molar-refractivity contribution in [1.29, 1.82) is 0 Å². The van der Waals surface area contributed by atoms with Crippen LogP contribution in [-0.4, -0.2) is 61.5 Å². The maximum absolute atomic E-state index is 12.5. The second-order valence-electron chi connectivity index (χ2n) is 6.29. The molecule has 3 rings (SSSR count). The first-order valence-corrected chi connectivity index (χ1v) is 8.58. The Labute approximate surface area is 149 Å². The van der Waals surface area contributed by atoms with Gasteiger partial charge in [-0.1, -0.05) is 11.6 Å². The molecule has 1 aromatic carbocycles. The summed E-state index contributed by atoms with van der Waals surface area (Å²) in [6, 6.07) is 7.18. The molecular formula is C17H25Cl2N3O. The summed E-state index contributed by atoms with van der Waals surface area (Å²) in [6.07, 6.45) is 2.56. The number of nitrogens with zero attached hydrogens (tertiary/aromatic N) is 2. The van der Waals surface area contributed by atoms with Gasteiger partial charge in [0.15, 0.2) is 0 Å². The van der Waals surface area contributed by atoms with Crippen molar-refractivity contribution in [2.75, 3.05) is 45.8 Å². The van der Waals surface area contributed by atoms with Crippen molar-refractivity contribution >= 4 is 29.9 Å². The molecule has 128 valence electrons. The van der Waals surface area contributed by atoms with Crippen LogP contribution in [-0.2, 0) is 0 Å². The third kappa shape index (κ3) is 5.08. The van der Waals surface area contributed by atoms with E-state index in [1.165, 1.54) is 19.4 Å². The molecule has 2 aliphatic rings. The number of hydrogen-bond donors (Lipinski definition) is 1. The molecule has 0 saturated carbocycles. The number of carbonyl (C=O) groups excluding carboxylic acids is 1. The first-order chi connectivity index (χ1) is 10.7. The van der Waals surface area contributed by atoms with Crippen molar-refractivity contribution in [2.24, 2.45) is 5.92 Å². The molecule has 0 aliphatic carbocycles. The SMILES string of the molecule is Cl.O=C(c1ccc(Cl)cc1)N1CCN(CC2CCNCC2)CC1. The van der Waals surface area contributed by atoms with Gasteiger partial charge in [0.1, 0.15) is 0 Å². The minimum atomic E-state index is 0. The van der Waals surface area contributed by atoms with Crippen molar-refractivity contribution in [3.8, 4) is 0 Å². The molecular weight excluding hydrogens is 333 g/mol. The summed E-state index contributed by atoms with van der Waals surface area (Å²) in [6.45, 7) is 7.12. The lowest BCUT2D eigenvalue weighted by Crippen LogP contribution is -2.50. The molecule has 0 aromatic heterocycles. The van der Waals surface area contributed by atoms with Crippen molar-refractivity contribution < 1.29 is 4.79 Å². The van der Waals surface area contributed by atoms with E-state index in [0.717, 1.165) is 50.7 Å². The highest BCUT2D eigenvalue weighted by molar-refractivity contribution is 6.30. The van der Waals surface area contributed by atoms with E-state index in [0.29, 0.717) is 5.02 Å². The van der Waals surface area contributed by atoms with Crippen LogP contribution in [0.1, 0.15) is 23.2 Å². The number of nitrogens with one attached hydrogen (secondary N) is 1. The average molecular weight is 358 g/mol. The van der Waals surface area contributed by atoms with E-state index in [4.69, 9.17) is 11.6 Å². The molecule has 23 heavy (non-hydrogen) atoms. The number of carbonyl (C=O) groups is 1. The van der Waals surface area contributed by atoms with Crippen LogP contribution >= 0.6 is 24.0 Å². The molecule has 1 aromatic rings. The minimum Gasteiger partial charge on any atom is -0.336 e. The number of rotatable bonds is 3. The van der Waals surface area contributed by atoms with Gasteiger partial charge in [-0.25, -0.2) is 0 Å². The maximum atomic E-state index is 12.5. The molecule has 1 amide bonds. The van der Waals surface area contributed by atoms with Gasteiger partial charge in [0, 0.05) is 43.3 Å². The standard InChI is InChI=1S/C17H24ClN3O.ClH/c18-16-3-1-15(2-4-16)17(22)21-11-9-20(10-12-21)13-14-5-7-19-8-6-14;/h1-4,14,19H,5-13H2;1H. The van der Waals surface area contributed by atoms with Crippen molar-refractivity contribution in [2.45, 2.75) is 12.8 Å². The predicted molar refractivity (Wildman–Crippen MR) is 96.6 cm³/mol. The highest BCUT2D eigenvalue weighted by Crippen LogP contribution is 2.16. The quantitative estimate of drug-likeness (QED) is 0.902. The van der Waals surface area contributed by atoms with Gasteiger partial charge in [-0.3, -0.25) is 9.69 Å². The Kier molecular flexibility index (Phi) is 7.15. The van der Waals surface area contributed by atoms with Gasteiger partial charge in [0.05, 0.1) is 0 Å². The van der Waals surface area contributed by atoms with Crippen LogP contribution < -0.4 is 5.32 Å². The predicted octanol–water partition coefficient (Wildman–Crippen LogP) is 2.52. The largest absolute Gasteiger partial charge is 0.336 e. The Hall–Kier alpha value is -0.810. The smallest absolute Gasteiger partial charge is 0.253 e. The molecule has 0 unspecified atom stereocenters. The average Bonchev–Trinajstić information content (AvgIpc) is 2.57. The van der Waals surface area contributed by atoms with Crippen molar-refractivity contribution in [1.82, 2.24) is 15.1 Å². The number of halogens is 2. The molecule has 4 nitrogen and oxygen atoms in total. The van der Waals surface area contributed by atoms with Crippen molar-refractivity contribution in [3.63, 3.8) is 0 Å². The van der Waals surface area contributed by atoms with Crippen LogP contribution in [0.3, 0.4) is 0 Å². The first kappa shape index (κ1) is 18.5. The van der Waals surface area contributed by atoms with Crippen LogP contribution in [0.4, 0.5) is 0 Å². The van der Waals surface area contributed by atoms with E-state index in [1.54, 1.807) is 12.1 Å². The molecule has 2 heterocycles. The highest BCUT2D eigenvalue weighted by atomic mass is 35.5. The Balaban J connectivity index is 0.00000192. The lowest BCUT2D eigenvalue weighted by atomic mass is 9.97. The molecule has 0 spiro atoms. The van der Waals surface area contributed by atoms with Gasteiger partial charge in [-0.15, -0.1) is 12.4 Å². The summed E-state index contributed by atoms with van der Waals surface area (Å²) in [5.41, 5.74) is 0.733. The molecule has 2 saturated heterocycles. The third-order valence-corrected chi connectivity index (χ3v) is 4.98. The number of amides is 1. The molecule has 2 fully saturated rings. The van der Waals surface area contributed by atoms with E-state index in [9.17, 15) is 4.79 Å². The lowest BCUT2D eigenvalue weighted by Gasteiger charge is -2.37. The number of piperazine rings is 1. The zero-order valence-electron chi connectivity index (χ0n) is 13.3. The van der Waals surface area contributed by atoms with Crippen LogP contribution in [0.5, 0.6) is 0 Å². The number of piperidine rings is 1. The minimum absolute atomic E-state index is 0. The third-order valence-electron chi connectivity index (χ3n) is 4.73. The maximum Gasteiger partial charge on any atom is 0.253 e. The first-order valence-electron chi connectivity index (χ1n) is 8.20. The molecule has 6 heteroatoms. The van der Waals surface area contributed by atoms with E-state index in [-0.39, 0.29) is 18.3 Å². The fourth-order valence-electron chi connectivity index (χ4n) is 3.34. The normalized spacial score (nSPS) is 20.1. The molecule has 0 radical (unpaired) electrons. The van der Waals surface area contributed by atoms with E-state index >= 15 is 0 Å². The van der Waals surface area contributed by atoms with E-state index in [2.05, 4.69) is 10.2 Å². The fourth-order valence-corrected chi connectivity index (χ4v) is 3.46. The zero-order chi connectivity index (χ0) is 15.4. The summed E-state index contributed by atoms with van der Waals surface area (Å²) >= 11 is 5.88. The Morgan fingerprint density at radius 1 is 1.09 bits per heavy atom. The fraction of sp³-hybridized carbons (Fsp3) is 0.588. The van der Waals surface area contributed by atoms with Crippen molar-refractivity contribution in [3.05, 3.63) is 34.9 Å². The van der Waals surface area contributed by atoms with Gasteiger partial charge >= 0.3 is 0 Å². The monoisotopic (exact) mass is 357 g/mol. The second kappa shape index (κ2) is 8.88. The zero-order valence-corrected chi connectivity index (χ0v) is 14.9. The van der Waals surface area contributed by atoms with Crippen LogP contribution in [0.25, 0.3) is 0 Å². The molecule has 1 N–H and O–H groups in total. The Bertz CT molecular complexity index is 495. The molecule has 2 aliphatic heterocycles. The van der Waals surface area contributed by atoms with Gasteiger partial charge in [-0.05, 0) is 56.1 Å². The number of benzene rings is 1. The van der Waals surface area contributed by atoms with E-state index < -0.39 is 0 Å². The molecule has 0 bridgehead atoms. The molecule has 0 atom stereocenters. The summed E-state index contributed by atoms with van der Waals surface area (Å²) in [4.78, 5) is 16.9. The Morgan fingerprint density at radius 2 is 1.70 bits per heavy atom. The summed E-state index contributed by atoms with van der Waals surface area (Å²) in [7, 11) is 0. The second-order valence-corrected chi connectivity index (χ2v) is 6.73. The lowest BCUT2D eigenvalue weighted by molar-refractivity contribution is 0.0608. The summed E-state index contributed by atoms with van der Waals surface area (Å²) < 4.78 is 0. The van der Waals surface area contributed by atoms with Gasteiger partial charge in [-0.2, -0.15) is 0 Å². The summed E-state index contributed by atoms with van der Waals surface area (Å²) in [5, 5.41) is 4.09. The van der Waals surface area contributed by atoms with Gasteiger partial charge in [0.2, 0.25) is 0 Å². The topological polar surface area (TPSA) is 35.6 Å². The van der Waals surface area contributed by atoms with Crippen LogP contribution in [0.15, 0.2) is 24.3 Å².